The quantitative estimate of drug-likeness (QED) is 0.650. The van der Waals surface area contributed by atoms with Crippen LogP contribution in [0.3, 0.4) is 0 Å². The normalized spacial score (nSPS) is 10.2. The van der Waals surface area contributed by atoms with Gasteiger partial charge in [-0.2, -0.15) is 0 Å². The van der Waals surface area contributed by atoms with E-state index in [4.69, 9.17) is 15.0 Å². The Morgan fingerprint density at radius 2 is 1.88 bits per heavy atom. The van der Waals surface area contributed by atoms with Gasteiger partial charge in [-0.1, -0.05) is 0 Å². The first-order valence-electron chi connectivity index (χ1n) is 4.23. The Bertz CT molecular complexity index is 480. The summed E-state index contributed by atoms with van der Waals surface area (Å²) in [6.45, 7) is 3.00. The minimum absolute atomic E-state index is 0.230. The molecular weight excluding hydrogens is 293 g/mol. The number of carboxylic acids is 1. The Labute approximate surface area is 103 Å². The molecule has 1 aromatic rings. The van der Waals surface area contributed by atoms with Crippen molar-refractivity contribution in [3.63, 3.8) is 0 Å². The number of hydrogen-bond acceptors (Lipinski definition) is 3. The number of aliphatic carboxylic acids is 1. The Morgan fingerprint density at radius 3 is 2.19 bits per heavy atom. The summed E-state index contributed by atoms with van der Waals surface area (Å²) in [6, 6.07) is 5.10. The van der Waals surface area contributed by atoms with Crippen molar-refractivity contribution < 1.29 is 18.3 Å². The van der Waals surface area contributed by atoms with Crippen LogP contribution in [-0.4, -0.2) is 36.3 Å². The second-order valence-electron chi connectivity index (χ2n) is 3.11. The predicted octanol–water partition coefficient (Wildman–Crippen LogP) is -1.01. The Balaban J connectivity index is 0.000000487. The summed E-state index contributed by atoms with van der Waals surface area (Å²) in [5, 5.41) is 12.4. The summed E-state index contributed by atoms with van der Waals surface area (Å²) >= 11 is 1.26. The zero-order valence-corrected chi connectivity index (χ0v) is 12.2. The third-order valence-electron chi connectivity index (χ3n) is 1.47. The van der Waals surface area contributed by atoms with E-state index in [9.17, 15) is 8.42 Å². The van der Waals surface area contributed by atoms with Crippen LogP contribution in [0.25, 0.3) is 0 Å². The van der Waals surface area contributed by atoms with Crippen LogP contribution in [0.4, 0.5) is 0 Å². The van der Waals surface area contributed by atoms with Crippen molar-refractivity contribution in [2.75, 3.05) is 0 Å². The van der Waals surface area contributed by atoms with Crippen molar-refractivity contribution in [2.24, 2.45) is 5.14 Å². The van der Waals surface area contributed by atoms with Gasteiger partial charge in [0, 0.05) is 6.92 Å². The molecule has 5 nitrogen and oxygen atoms in total. The van der Waals surface area contributed by atoms with E-state index < -0.39 is 16.0 Å². The van der Waals surface area contributed by atoms with Crippen LogP contribution in [0, 0.1) is 6.92 Å². The average Bonchev–Trinajstić information content (AvgIpc) is 1.99. The molecule has 3 N–H and O–H groups in total. The second kappa shape index (κ2) is 6.03. The van der Waals surface area contributed by atoms with Crippen molar-refractivity contribution in [3.8, 4) is 0 Å². The maximum absolute atomic E-state index is 11.0. The maximum atomic E-state index is 11.0. The van der Waals surface area contributed by atoms with E-state index in [1.54, 1.807) is 12.1 Å². The van der Waals surface area contributed by atoms with Gasteiger partial charge in [-0.25, -0.2) is 0 Å². The minimum atomic E-state index is -3.53. The number of rotatable bonds is 1. The van der Waals surface area contributed by atoms with Gasteiger partial charge in [0.15, 0.2) is 0 Å². The monoisotopic (exact) mass is 307 g/mol. The predicted molar refractivity (Wildman–Crippen MR) is 64.0 cm³/mol. The molecule has 7 heteroatoms. The van der Waals surface area contributed by atoms with Gasteiger partial charge in [0.05, 0.1) is 0 Å². The first kappa shape index (κ1) is 15.2. The summed E-state index contributed by atoms with van der Waals surface area (Å²) < 4.78 is 22.7. The van der Waals surface area contributed by atoms with Gasteiger partial charge in [-0.3, -0.25) is 4.79 Å². The van der Waals surface area contributed by atoms with E-state index >= 15 is 0 Å². The zero-order chi connectivity index (χ0) is 12.9. The first-order valence-corrected chi connectivity index (χ1v) is 6.99. The van der Waals surface area contributed by atoms with Gasteiger partial charge < -0.3 is 5.11 Å². The number of nitrogens with two attached hydrogens (primary N) is 1. The van der Waals surface area contributed by atoms with E-state index in [1.807, 2.05) is 13.0 Å². The SMILES string of the molecule is CC(=O)O.Cc1ccc(S(N)(=O)=O)c([AsH2])c1. The van der Waals surface area contributed by atoms with Crippen molar-refractivity contribution in [1.82, 2.24) is 0 Å². The van der Waals surface area contributed by atoms with E-state index in [2.05, 4.69) is 0 Å². The topological polar surface area (TPSA) is 97.5 Å². The molecule has 0 aromatic heterocycles. The molecule has 0 heterocycles. The molecule has 0 aliphatic carbocycles. The number of aryl methyl sites for hydroxylation is 1. The van der Waals surface area contributed by atoms with Crippen LogP contribution in [0.1, 0.15) is 12.5 Å². The fraction of sp³-hybridized carbons (Fsp3) is 0.222. The molecule has 0 aliphatic rings. The van der Waals surface area contributed by atoms with Crippen molar-refractivity contribution in [3.05, 3.63) is 23.8 Å². The van der Waals surface area contributed by atoms with Crippen LogP contribution in [-0.2, 0) is 14.8 Å². The van der Waals surface area contributed by atoms with Gasteiger partial charge in [0.2, 0.25) is 0 Å². The molecule has 0 radical (unpaired) electrons. The standard InChI is InChI=1S/C7H10AsNO2S.C2H4O2/c1-5-2-3-7(6(8)4-5)12(9,10)11;1-2(3)4/h2-4H,8H2,1H3,(H2,9,10,11);1H3,(H,3,4). The third-order valence-corrected chi connectivity index (χ3v) is 3.90. The molecule has 1 unspecified atom stereocenters. The first-order chi connectivity index (χ1) is 7.14. The Kier molecular flexibility index (Phi) is 5.72. The Morgan fingerprint density at radius 1 is 1.44 bits per heavy atom. The fourth-order valence-corrected chi connectivity index (χ4v) is 3.36. The number of hydrogen-bond donors (Lipinski definition) is 2. The second-order valence-corrected chi connectivity index (χ2v) is 5.94. The molecule has 1 atom stereocenters. The van der Waals surface area contributed by atoms with Crippen LogP contribution < -0.4 is 9.49 Å². The third kappa shape index (κ3) is 5.90. The van der Waals surface area contributed by atoms with E-state index in [0.29, 0.717) is 0 Å². The number of primary sulfonamides is 1. The van der Waals surface area contributed by atoms with Crippen molar-refractivity contribution in [1.29, 1.82) is 0 Å². The molecule has 0 aliphatic heterocycles. The number of sulfonamides is 1. The summed E-state index contributed by atoms with van der Waals surface area (Å²) in [7, 11) is -3.53. The summed E-state index contributed by atoms with van der Waals surface area (Å²) in [4.78, 5) is 9.23. The number of carboxylic acid groups (broad SMARTS) is 1. The van der Waals surface area contributed by atoms with Crippen LogP contribution in [0.15, 0.2) is 23.1 Å². The summed E-state index contributed by atoms with van der Waals surface area (Å²) in [5.41, 5.74) is 1.04. The van der Waals surface area contributed by atoms with Crippen molar-refractivity contribution in [2.45, 2.75) is 18.7 Å². The number of benzene rings is 1. The molecule has 0 bridgehead atoms. The number of carbonyl (C=O) groups is 1. The van der Waals surface area contributed by atoms with E-state index in [-0.39, 0.29) is 4.90 Å². The molecule has 0 spiro atoms. The van der Waals surface area contributed by atoms with Crippen LogP contribution in [0.2, 0.25) is 0 Å². The van der Waals surface area contributed by atoms with Gasteiger partial charge in [-0.05, 0) is 0 Å². The molecule has 0 amide bonds. The van der Waals surface area contributed by atoms with Gasteiger partial charge in [0.25, 0.3) is 5.97 Å². The fourth-order valence-electron chi connectivity index (χ4n) is 0.927. The molecule has 16 heavy (non-hydrogen) atoms. The molecule has 1 rings (SSSR count). The van der Waals surface area contributed by atoms with Gasteiger partial charge >= 0.3 is 80.4 Å². The molecular formula is C9H14AsNO4S. The van der Waals surface area contributed by atoms with E-state index in [1.165, 1.54) is 16.9 Å². The molecule has 0 saturated heterocycles. The van der Waals surface area contributed by atoms with Crippen LogP contribution >= 0.6 is 0 Å². The summed E-state index contributed by atoms with van der Waals surface area (Å²) in [5.74, 6) is -0.833. The van der Waals surface area contributed by atoms with E-state index in [0.717, 1.165) is 16.8 Å². The van der Waals surface area contributed by atoms with Crippen molar-refractivity contribution >= 4 is 37.2 Å². The summed E-state index contributed by atoms with van der Waals surface area (Å²) in [6.07, 6.45) is 0. The molecule has 90 valence electrons. The molecule has 0 saturated carbocycles. The Hall–Kier alpha value is -0.842. The molecule has 0 fully saturated rings. The average molecular weight is 307 g/mol. The molecule has 1 aromatic carbocycles. The van der Waals surface area contributed by atoms with Crippen LogP contribution in [0.5, 0.6) is 0 Å². The van der Waals surface area contributed by atoms with Gasteiger partial charge in [0.1, 0.15) is 0 Å². The zero-order valence-electron chi connectivity index (χ0n) is 8.97. The van der Waals surface area contributed by atoms with Gasteiger partial charge in [-0.15, -0.1) is 0 Å².